The van der Waals surface area contributed by atoms with Gasteiger partial charge in [0.1, 0.15) is 0 Å². The van der Waals surface area contributed by atoms with Gasteiger partial charge in [-0.1, -0.05) is 17.7 Å². The molecular formula is C15H23N3O4. The lowest BCUT2D eigenvalue weighted by Crippen LogP contribution is -2.32. The highest BCUT2D eigenvalue weighted by Crippen LogP contribution is 2.15. The number of nitrogens with zero attached hydrogens (tertiary/aromatic N) is 1. The van der Waals surface area contributed by atoms with Crippen molar-refractivity contribution in [3.05, 3.63) is 29.8 Å². The number of amides is 2. The number of aryl methyl sites for hydroxylation is 1. The van der Waals surface area contributed by atoms with Crippen molar-refractivity contribution in [1.82, 2.24) is 10.6 Å². The Balaban J connectivity index is 2.50. The Morgan fingerprint density at radius 3 is 1.82 bits per heavy atom. The molecule has 2 amide bonds. The van der Waals surface area contributed by atoms with Crippen LogP contribution in [0.3, 0.4) is 0 Å². The van der Waals surface area contributed by atoms with E-state index in [1.165, 1.54) is 5.56 Å². The number of rotatable bonds is 9. The highest BCUT2D eigenvalue weighted by atomic mass is 16.4. The highest BCUT2D eigenvalue weighted by Gasteiger charge is 2.07. The van der Waals surface area contributed by atoms with Crippen molar-refractivity contribution in [2.45, 2.75) is 19.8 Å². The fraction of sp³-hybridized carbons (Fsp3) is 0.467. The summed E-state index contributed by atoms with van der Waals surface area (Å²) in [5, 5.41) is 21.8. The summed E-state index contributed by atoms with van der Waals surface area (Å²) in [6.45, 7) is 4.21. The van der Waals surface area contributed by atoms with Crippen molar-refractivity contribution < 1.29 is 19.8 Å². The first kappa shape index (κ1) is 17.6. The molecule has 0 spiro atoms. The zero-order valence-electron chi connectivity index (χ0n) is 12.7. The molecule has 0 atom stereocenters. The van der Waals surface area contributed by atoms with Gasteiger partial charge in [-0.05, 0) is 31.9 Å². The smallest absolute Gasteiger partial charge is 0.404 e. The van der Waals surface area contributed by atoms with E-state index < -0.39 is 12.2 Å². The Morgan fingerprint density at radius 2 is 1.41 bits per heavy atom. The van der Waals surface area contributed by atoms with Gasteiger partial charge < -0.3 is 25.7 Å². The van der Waals surface area contributed by atoms with Crippen LogP contribution in [0.1, 0.15) is 18.4 Å². The number of hydrogen-bond donors (Lipinski definition) is 4. The third kappa shape index (κ3) is 7.37. The molecule has 0 saturated carbocycles. The fourth-order valence-corrected chi connectivity index (χ4v) is 2.06. The van der Waals surface area contributed by atoms with E-state index in [4.69, 9.17) is 10.2 Å². The van der Waals surface area contributed by atoms with E-state index in [0.29, 0.717) is 39.0 Å². The number of anilines is 1. The molecule has 1 rings (SSSR count). The quantitative estimate of drug-likeness (QED) is 0.523. The molecule has 7 heteroatoms. The van der Waals surface area contributed by atoms with Gasteiger partial charge in [0.05, 0.1) is 0 Å². The lowest BCUT2D eigenvalue weighted by Gasteiger charge is -2.25. The summed E-state index contributed by atoms with van der Waals surface area (Å²) >= 11 is 0. The van der Waals surface area contributed by atoms with Crippen molar-refractivity contribution in [3.63, 3.8) is 0 Å². The molecule has 122 valence electrons. The molecule has 0 unspecified atom stereocenters. The standard InChI is InChI=1S/C15H23N3O4/c1-12-4-6-13(7-5-12)18(10-2-8-16-14(19)20)11-3-9-17-15(21)22/h4-7,16-17H,2-3,8-11H2,1H3,(H,19,20)(H,21,22). The monoisotopic (exact) mass is 309 g/mol. The van der Waals surface area contributed by atoms with Crippen molar-refractivity contribution in [3.8, 4) is 0 Å². The van der Waals surface area contributed by atoms with Crippen LogP contribution in [-0.4, -0.2) is 48.6 Å². The number of benzene rings is 1. The molecule has 1 aromatic carbocycles. The normalized spacial score (nSPS) is 10.0. The lowest BCUT2D eigenvalue weighted by atomic mass is 10.2. The minimum absolute atomic E-state index is 0.394. The summed E-state index contributed by atoms with van der Waals surface area (Å²) < 4.78 is 0. The van der Waals surface area contributed by atoms with E-state index in [0.717, 1.165) is 5.69 Å². The van der Waals surface area contributed by atoms with Crippen molar-refractivity contribution in [1.29, 1.82) is 0 Å². The maximum Gasteiger partial charge on any atom is 0.404 e. The van der Waals surface area contributed by atoms with Crippen LogP contribution in [0.5, 0.6) is 0 Å². The van der Waals surface area contributed by atoms with Crippen LogP contribution in [0, 0.1) is 6.92 Å². The molecule has 0 aliphatic carbocycles. The second-order valence-electron chi connectivity index (χ2n) is 4.99. The molecule has 0 saturated heterocycles. The second-order valence-corrected chi connectivity index (χ2v) is 4.99. The molecule has 4 N–H and O–H groups in total. The Hall–Kier alpha value is -2.44. The number of carboxylic acid groups (broad SMARTS) is 2. The van der Waals surface area contributed by atoms with Crippen LogP contribution in [0.15, 0.2) is 24.3 Å². The summed E-state index contributed by atoms with van der Waals surface area (Å²) in [6, 6.07) is 8.08. The van der Waals surface area contributed by atoms with Crippen LogP contribution in [0.25, 0.3) is 0 Å². The van der Waals surface area contributed by atoms with Gasteiger partial charge in [-0.15, -0.1) is 0 Å². The molecule has 1 aromatic rings. The third-order valence-electron chi connectivity index (χ3n) is 3.16. The van der Waals surface area contributed by atoms with Crippen molar-refractivity contribution in [2.75, 3.05) is 31.1 Å². The van der Waals surface area contributed by atoms with E-state index >= 15 is 0 Å². The SMILES string of the molecule is Cc1ccc(N(CCCNC(=O)O)CCCNC(=O)O)cc1. The van der Waals surface area contributed by atoms with Gasteiger partial charge >= 0.3 is 12.2 Å². The van der Waals surface area contributed by atoms with Crippen LogP contribution in [0.4, 0.5) is 15.3 Å². The summed E-state index contributed by atoms with van der Waals surface area (Å²) in [7, 11) is 0. The van der Waals surface area contributed by atoms with Crippen LogP contribution >= 0.6 is 0 Å². The minimum Gasteiger partial charge on any atom is -0.465 e. The van der Waals surface area contributed by atoms with Crippen molar-refractivity contribution in [2.24, 2.45) is 0 Å². The molecule has 0 radical (unpaired) electrons. The molecule has 0 aliphatic rings. The van der Waals surface area contributed by atoms with Crippen molar-refractivity contribution >= 4 is 17.9 Å². The maximum atomic E-state index is 10.4. The highest BCUT2D eigenvalue weighted by molar-refractivity contribution is 5.64. The molecule has 0 aromatic heterocycles. The predicted molar refractivity (Wildman–Crippen MR) is 84.7 cm³/mol. The van der Waals surface area contributed by atoms with Gasteiger partial charge in [0.2, 0.25) is 0 Å². The zero-order valence-corrected chi connectivity index (χ0v) is 12.7. The molecule has 0 heterocycles. The number of nitrogens with one attached hydrogen (secondary N) is 2. The topological polar surface area (TPSA) is 102 Å². The van der Waals surface area contributed by atoms with Gasteiger partial charge in [-0.2, -0.15) is 0 Å². The van der Waals surface area contributed by atoms with Gasteiger partial charge in [0.25, 0.3) is 0 Å². The predicted octanol–water partition coefficient (Wildman–Crippen LogP) is 2.12. The third-order valence-corrected chi connectivity index (χ3v) is 3.16. The molecule has 22 heavy (non-hydrogen) atoms. The van der Waals surface area contributed by atoms with E-state index in [2.05, 4.69) is 15.5 Å². The first-order valence-electron chi connectivity index (χ1n) is 7.24. The zero-order chi connectivity index (χ0) is 16.4. The molecular weight excluding hydrogens is 286 g/mol. The minimum atomic E-state index is -1.02. The first-order valence-corrected chi connectivity index (χ1v) is 7.24. The van der Waals surface area contributed by atoms with Crippen LogP contribution in [-0.2, 0) is 0 Å². The summed E-state index contributed by atoms with van der Waals surface area (Å²) in [6.07, 6.45) is -0.668. The van der Waals surface area contributed by atoms with Gasteiger partial charge in [-0.3, -0.25) is 0 Å². The van der Waals surface area contributed by atoms with Crippen LogP contribution in [0.2, 0.25) is 0 Å². The lowest BCUT2D eigenvalue weighted by molar-refractivity contribution is 0.193. The largest absolute Gasteiger partial charge is 0.465 e. The van der Waals surface area contributed by atoms with Gasteiger partial charge in [0.15, 0.2) is 0 Å². The Bertz CT molecular complexity index is 454. The second kappa shape index (κ2) is 9.49. The Labute approximate surface area is 129 Å². The number of hydrogen-bond acceptors (Lipinski definition) is 3. The summed E-state index contributed by atoms with van der Waals surface area (Å²) in [4.78, 5) is 23.0. The van der Waals surface area contributed by atoms with E-state index in [1.807, 2.05) is 31.2 Å². The summed E-state index contributed by atoms with van der Waals surface area (Å²) in [5.41, 5.74) is 2.22. The molecule has 0 fully saturated rings. The van der Waals surface area contributed by atoms with E-state index in [1.54, 1.807) is 0 Å². The maximum absolute atomic E-state index is 10.4. The fourth-order valence-electron chi connectivity index (χ4n) is 2.06. The molecule has 0 bridgehead atoms. The van der Waals surface area contributed by atoms with Gasteiger partial charge in [0, 0.05) is 31.9 Å². The Kier molecular flexibility index (Phi) is 7.60. The number of carbonyl (C=O) groups is 2. The van der Waals surface area contributed by atoms with Gasteiger partial charge in [-0.25, -0.2) is 9.59 Å². The summed E-state index contributed by atoms with van der Waals surface area (Å²) in [5.74, 6) is 0. The van der Waals surface area contributed by atoms with E-state index in [9.17, 15) is 9.59 Å². The average Bonchev–Trinajstić information content (AvgIpc) is 2.46. The van der Waals surface area contributed by atoms with E-state index in [-0.39, 0.29) is 0 Å². The first-order chi connectivity index (χ1) is 10.5. The molecule has 7 nitrogen and oxygen atoms in total. The van der Waals surface area contributed by atoms with Crippen LogP contribution < -0.4 is 15.5 Å². The average molecular weight is 309 g/mol. The molecule has 0 aliphatic heterocycles. The Morgan fingerprint density at radius 1 is 0.955 bits per heavy atom.